The number of carbonyl (C=O) groups is 3. The molecule has 0 aromatic carbocycles. The number of rotatable bonds is 48. The summed E-state index contributed by atoms with van der Waals surface area (Å²) in [6.45, 7) is 16.3. The number of fused-ring (bicyclic) bond motifs is 2. The maximum atomic E-state index is 14.0. The van der Waals surface area contributed by atoms with Crippen LogP contribution in [-0.4, -0.2) is 74.5 Å². The number of ether oxygens (including phenoxy) is 3. The van der Waals surface area contributed by atoms with Crippen molar-refractivity contribution in [3.05, 3.63) is 0 Å². The summed E-state index contributed by atoms with van der Waals surface area (Å²) >= 11 is 0. The molecule has 4 atom stereocenters. The van der Waals surface area contributed by atoms with Crippen LogP contribution < -0.4 is 0 Å². The Bertz CT molecular complexity index is 1290. The number of esters is 3. The fourth-order valence-electron chi connectivity index (χ4n) is 13.2. The molecule has 0 spiro atoms. The Kier molecular flexibility index (Phi) is 37.4. The van der Waals surface area contributed by atoms with Crippen LogP contribution in [-0.2, 0) is 28.6 Å². The van der Waals surface area contributed by atoms with E-state index in [1.807, 2.05) is 11.9 Å². The molecule has 0 radical (unpaired) electrons. The van der Waals surface area contributed by atoms with Gasteiger partial charge in [-0.3, -0.25) is 14.4 Å². The van der Waals surface area contributed by atoms with Crippen LogP contribution in [0.1, 0.15) is 305 Å². The minimum absolute atomic E-state index is 0.0365. The number of nitrogens with zero attached hydrogens (tertiary/aromatic N) is 1. The van der Waals surface area contributed by atoms with Crippen molar-refractivity contribution in [2.45, 2.75) is 305 Å². The molecule has 0 heterocycles. The molecule has 0 saturated heterocycles. The number of hydrogen-bond acceptors (Lipinski definition) is 8. The summed E-state index contributed by atoms with van der Waals surface area (Å²) in [5, 5.41) is 9.28. The summed E-state index contributed by atoms with van der Waals surface area (Å²) in [5.74, 6) is 0.870. The van der Waals surface area contributed by atoms with Crippen molar-refractivity contribution >= 4 is 17.9 Å². The first kappa shape index (κ1) is 65.4. The lowest BCUT2D eigenvalue weighted by Crippen LogP contribution is -2.52. The van der Waals surface area contributed by atoms with E-state index in [0.717, 1.165) is 64.3 Å². The van der Waals surface area contributed by atoms with E-state index in [9.17, 15) is 19.5 Å². The van der Waals surface area contributed by atoms with Gasteiger partial charge in [-0.2, -0.15) is 0 Å². The molecular formula is C63H119NO7. The molecule has 2 bridgehead atoms. The van der Waals surface area contributed by atoms with E-state index in [-0.39, 0.29) is 40.8 Å². The monoisotopic (exact) mass is 1000 g/mol. The Morgan fingerprint density at radius 1 is 0.465 bits per heavy atom. The first-order valence-corrected chi connectivity index (χ1v) is 31.1. The van der Waals surface area contributed by atoms with E-state index < -0.39 is 0 Å². The molecule has 2 saturated carbocycles. The van der Waals surface area contributed by atoms with Gasteiger partial charge in [0.25, 0.3) is 0 Å². The molecule has 71 heavy (non-hydrogen) atoms. The Morgan fingerprint density at radius 3 is 1.17 bits per heavy atom. The summed E-state index contributed by atoms with van der Waals surface area (Å²) in [7, 11) is 1.96. The van der Waals surface area contributed by atoms with Crippen molar-refractivity contribution in [1.29, 1.82) is 0 Å². The van der Waals surface area contributed by atoms with Crippen LogP contribution in [0.25, 0.3) is 0 Å². The zero-order valence-electron chi connectivity index (χ0n) is 48.3. The molecular weight excluding hydrogens is 883 g/mol. The second-order valence-corrected chi connectivity index (χ2v) is 24.8. The largest absolute Gasteiger partial charge is 0.465 e. The summed E-state index contributed by atoms with van der Waals surface area (Å²) in [6.07, 6.45) is 47.1. The third kappa shape index (κ3) is 32.4. The Labute approximate surface area is 440 Å². The lowest BCUT2D eigenvalue weighted by Gasteiger charge is -2.57. The normalized spacial score (nSPS) is 21.1. The lowest BCUT2D eigenvalue weighted by atomic mass is 9.49. The topological polar surface area (TPSA) is 102 Å². The number of likely N-dealkylation sites (N-methyl/N-ethyl adjacent to an activating group) is 1. The van der Waals surface area contributed by atoms with Crippen LogP contribution in [0, 0.1) is 34.0 Å². The average Bonchev–Trinajstić information content (AvgIpc) is 3.33. The van der Waals surface area contributed by atoms with Gasteiger partial charge in [-0.25, -0.2) is 0 Å². The molecule has 1 N–H and O–H groups in total. The summed E-state index contributed by atoms with van der Waals surface area (Å²) in [4.78, 5) is 43.0. The van der Waals surface area contributed by atoms with Gasteiger partial charge < -0.3 is 24.2 Å². The average molecular weight is 1000 g/mol. The highest BCUT2D eigenvalue weighted by molar-refractivity contribution is 5.70. The molecule has 8 nitrogen and oxygen atoms in total. The lowest BCUT2D eigenvalue weighted by molar-refractivity contribution is -0.169. The maximum Gasteiger partial charge on any atom is 0.306 e. The van der Waals surface area contributed by atoms with Gasteiger partial charge in [0.2, 0.25) is 0 Å². The SMILES string of the molecule is CCCCCCCCCC(CCCCCCCCC)CC(=O)OCC1(C)CC2CC(C)(COC(=O)CCCN(C)CCO)CC(COC(=O)CC(CCCCCCCCC)CCCCCCCCC)(C2)C1. The summed E-state index contributed by atoms with van der Waals surface area (Å²) in [6, 6.07) is 0. The van der Waals surface area contributed by atoms with Gasteiger partial charge in [0.05, 0.1) is 26.4 Å². The second-order valence-electron chi connectivity index (χ2n) is 24.8. The van der Waals surface area contributed by atoms with Gasteiger partial charge in [-0.15, -0.1) is 0 Å². The standard InChI is InChI=1S/C63H119NO7/c1-8-12-16-20-24-28-32-37-55(38-33-29-25-21-17-13-9-2)45-59(67)70-53-62(6)48-57-47-61(5,52-69-58(66)41-36-42-64(7)43-44-65)50-63(49-57,51-62)54-71-60(68)46-56(39-34-30-26-22-18-14-10-3)40-35-31-27-23-19-15-11-4/h55-57,65H,8-54H2,1-7H3. The molecule has 2 rings (SSSR count). The van der Waals surface area contributed by atoms with E-state index in [2.05, 4.69) is 41.5 Å². The van der Waals surface area contributed by atoms with Crippen LogP contribution in [0.4, 0.5) is 0 Å². The summed E-state index contributed by atoms with van der Waals surface area (Å²) < 4.78 is 18.9. The van der Waals surface area contributed by atoms with Crippen LogP contribution in [0.2, 0.25) is 0 Å². The molecule has 0 aromatic heterocycles. The third-order valence-electron chi connectivity index (χ3n) is 16.8. The molecule has 0 aliphatic heterocycles. The van der Waals surface area contributed by atoms with Crippen molar-refractivity contribution < 1.29 is 33.7 Å². The Hall–Kier alpha value is -1.67. The zero-order valence-corrected chi connectivity index (χ0v) is 48.3. The van der Waals surface area contributed by atoms with E-state index in [1.165, 1.54) is 180 Å². The molecule has 8 heteroatoms. The molecule has 0 amide bonds. The molecule has 0 aromatic rings. The van der Waals surface area contributed by atoms with Crippen LogP contribution in [0.3, 0.4) is 0 Å². The van der Waals surface area contributed by atoms with E-state index in [0.29, 0.717) is 69.8 Å². The predicted octanol–water partition coefficient (Wildman–Crippen LogP) is 17.5. The minimum atomic E-state index is -0.268. The molecule has 2 aliphatic rings. The second kappa shape index (κ2) is 40.6. The molecule has 418 valence electrons. The van der Waals surface area contributed by atoms with Gasteiger partial charge in [-0.05, 0) is 95.6 Å². The van der Waals surface area contributed by atoms with Crippen molar-refractivity contribution in [2.75, 3.05) is 46.6 Å². The van der Waals surface area contributed by atoms with Crippen molar-refractivity contribution in [2.24, 2.45) is 34.0 Å². The third-order valence-corrected chi connectivity index (χ3v) is 16.8. The number of carbonyl (C=O) groups excluding carboxylic acids is 3. The van der Waals surface area contributed by atoms with Crippen LogP contribution >= 0.6 is 0 Å². The van der Waals surface area contributed by atoms with Gasteiger partial charge >= 0.3 is 17.9 Å². The number of aliphatic hydroxyl groups is 1. The molecule has 4 unspecified atom stereocenters. The minimum Gasteiger partial charge on any atom is -0.465 e. The Morgan fingerprint density at radius 2 is 0.803 bits per heavy atom. The molecule has 2 fully saturated rings. The molecule has 2 aliphatic carbocycles. The highest BCUT2D eigenvalue weighted by Gasteiger charge is 2.55. The van der Waals surface area contributed by atoms with E-state index in [1.54, 1.807) is 0 Å². The fourth-order valence-corrected chi connectivity index (χ4v) is 13.2. The first-order valence-electron chi connectivity index (χ1n) is 31.1. The van der Waals surface area contributed by atoms with Crippen molar-refractivity contribution in [3.63, 3.8) is 0 Å². The zero-order chi connectivity index (χ0) is 51.9. The van der Waals surface area contributed by atoms with Gasteiger partial charge in [0.1, 0.15) is 0 Å². The Balaban J connectivity index is 2.17. The van der Waals surface area contributed by atoms with Crippen LogP contribution in [0.15, 0.2) is 0 Å². The van der Waals surface area contributed by atoms with E-state index in [4.69, 9.17) is 14.2 Å². The van der Waals surface area contributed by atoms with Gasteiger partial charge in [-0.1, -0.05) is 221 Å². The fraction of sp³-hybridized carbons (Fsp3) is 0.952. The smallest absolute Gasteiger partial charge is 0.306 e. The highest BCUT2D eigenvalue weighted by atomic mass is 16.5. The van der Waals surface area contributed by atoms with Crippen molar-refractivity contribution in [3.8, 4) is 0 Å². The van der Waals surface area contributed by atoms with E-state index >= 15 is 0 Å². The van der Waals surface area contributed by atoms with Gasteiger partial charge in [0, 0.05) is 42.1 Å². The number of aliphatic hydroxyl groups excluding tert-OH is 1. The van der Waals surface area contributed by atoms with Crippen LogP contribution in [0.5, 0.6) is 0 Å². The number of unbranched alkanes of at least 4 members (excludes halogenated alkanes) is 24. The summed E-state index contributed by atoms with van der Waals surface area (Å²) in [5.41, 5.74) is -0.713. The predicted molar refractivity (Wildman–Crippen MR) is 299 cm³/mol. The van der Waals surface area contributed by atoms with Gasteiger partial charge in [0.15, 0.2) is 0 Å². The number of hydrogen-bond donors (Lipinski definition) is 1. The maximum absolute atomic E-state index is 14.0. The quantitative estimate of drug-likeness (QED) is 0.0365. The first-order chi connectivity index (χ1) is 34.3. The highest BCUT2D eigenvalue weighted by Crippen LogP contribution is 2.60. The van der Waals surface area contributed by atoms with Crippen molar-refractivity contribution in [1.82, 2.24) is 4.90 Å².